The second-order valence-corrected chi connectivity index (χ2v) is 3.91. The van der Waals surface area contributed by atoms with Gasteiger partial charge in [-0.2, -0.15) is 15.0 Å². The lowest BCUT2D eigenvalue weighted by Crippen LogP contribution is -2.24. The van der Waals surface area contributed by atoms with E-state index in [4.69, 9.17) is 16.0 Å². The SMILES string of the molecule is CCN(Cc1ccco1)c1nc(Cl)nc(NC)n1. The van der Waals surface area contributed by atoms with Crippen LogP contribution in [0.1, 0.15) is 12.7 Å². The predicted octanol–water partition coefficient (Wildman–Crippen LogP) is 2.19. The Labute approximate surface area is 110 Å². The standard InChI is InChI=1S/C11H14ClN5O/c1-3-17(7-8-5-4-6-18-8)11-15-9(12)14-10(13-2)16-11/h4-6H,3,7H2,1-2H3,(H,13,14,15,16). The van der Waals surface area contributed by atoms with Gasteiger partial charge in [0.15, 0.2) is 0 Å². The Hall–Kier alpha value is -1.82. The summed E-state index contributed by atoms with van der Waals surface area (Å²) in [6.07, 6.45) is 1.64. The third-order valence-corrected chi connectivity index (χ3v) is 2.58. The number of hydrogen-bond acceptors (Lipinski definition) is 6. The van der Waals surface area contributed by atoms with E-state index in [1.165, 1.54) is 0 Å². The van der Waals surface area contributed by atoms with E-state index < -0.39 is 0 Å². The van der Waals surface area contributed by atoms with Gasteiger partial charge in [-0.3, -0.25) is 0 Å². The van der Waals surface area contributed by atoms with Crippen LogP contribution in [-0.4, -0.2) is 28.5 Å². The van der Waals surface area contributed by atoms with Gasteiger partial charge in [-0.25, -0.2) is 0 Å². The molecule has 2 rings (SSSR count). The molecule has 0 amide bonds. The Morgan fingerprint density at radius 3 is 2.83 bits per heavy atom. The van der Waals surface area contributed by atoms with Gasteiger partial charge in [-0.15, -0.1) is 0 Å². The van der Waals surface area contributed by atoms with Crippen molar-refractivity contribution in [3.8, 4) is 0 Å². The molecule has 0 atom stereocenters. The molecule has 0 unspecified atom stereocenters. The van der Waals surface area contributed by atoms with Crippen LogP contribution in [0.25, 0.3) is 0 Å². The van der Waals surface area contributed by atoms with Crippen LogP contribution in [0, 0.1) is 0 Å². The third kappa shape index (κ3) is 2.89. The first-order chi connectivity index (χ1) is 8.72. The van der Waals surface area contributed by atoms with Gasteiger partial charge in [0, 0.05) is 13.6 Å². The van der Waals surface area contributed by atoms with Crippen molar-refractivity contribution in [1.82, 2.24) is 15.0 Å². The highest BCUT2D eigenvalue weighted by molar-refractivity contribution is 6.28. The highest BCUT2D eigenvalue weighted by atomic mass is 35.5. The van der Waals surface area contributed by atoms with Crippen LogP contribution in [0.5, 0.6) is 0 Å². The molecule has 0 bridgehead atoms. The van der Waals surface area contributed by atoms with E-state index in [9.17, 15) is 0 Å². The van der Waals surface area contributed by atoms with Crippen LogP contribution in [0.15, 0.2) is 22.8 Å². The summed E-state index contributed by atoms with van der Waals surface area (Å²) in [7, 11) is 1.73. The van der Waals surface area contributed by atoms with Crippen LogP contribution in [0.4, 0.5) is 11.9 Å². The fourth-order valence-electron chi connectivity index (χ4n) is 1.51. The first-order valence-electron chi connectivity index (χ1n) is 5.59. The number of anilines is 2. The summed E-state index contributed by atoms with van der Waals surface area (Å²) in [4.78, 5) is 14.3. The molecule has 2 aromatic heterocycles. The van der Waals surface area contributed by atoms with Crippen molar-refractivity contribution in [1.29, 1.82) is 0 Å². The fourth-order valence-corrected chi connectivity index (χ4v) is 1.66. The van der Waals surface area contributed by atoms with Gasteiger partial charge in [0.1, 0.15) is 5.76 Å². The van der Waals surface area contributed by atoms with Crippen LogP contribution in [0.3, 0.4) is 0 Å². The Bertz CT molecular complexity index is 502. The summed E-state index contributed by atoms with van der Waals surface area (Å²) in [5.74, 6) is 1.82. The summed E-state index contributed by atoms with van der Waals surface area (Å²) < 4.78 is 5.31. The minimum absolute atomic E-state index is 0.169. The normalized spacial score (nSPS) is 10.4. The number of halogens is 1. The van der Waals surface area contributed by atoms with Gasteiger partial charge in [0.25, 0.3) is 0 Å². The molecule has 0 saturated heterocycles. The van der Waals surface area contributed by atoms with E-state index >= 15 is 0 Å². The Kier molecular flexibility index (Phi) is 3.99. The number of rotatable bonds is 5. The molecule has 0 spiro atoms. The Balaban J connectivity index is 2.24. The molecule has 0 fully saturated rings. The second kappa shape index (κ2) is 5.68. The van der Waals surface area contributed by atoms with Crippen LogP contribution in [0.2, 0.25) is 5.28 Å². The highest BCUT2D eigenvalue weighted by Crippen LogP contribution is 2.16. The minimum Gasteiger partial charge on any atom is -0.467 e. The Morgan fingerprint density at radius 1 is 1.39 bits per heavy atom. The molecular formula is C11H14ClN5O. The van der Waals surface area contributed by atoms with Crippen LogP contribution < -0.4 is 10.2 Å². The maximum Gasteiger partial charge on any atom is 0.231 e. The van der Waals surface area contributed by atoms with E-state index in [-0.39, 0.29) is 5.28 Å². The molecule has 0 aromatic carbocycles. The summed E-state index contributed by atoms with van der Waals surface area (Å²) in [5, 5.41) is 3.02. The monoisotopic (exact) mass is 267 g/mol. The molecule has 2 heterocycles. The summed E-state index contributed by atoms with van der Waals surface area (Å²) in [5.41, 5.74) is 0. The van der Waals surface area contributed by atoms with Crippen molar-refractivity contribution >= 4 is 23.5 Å². The Morgan fingerprint density at radius 2 is 2.22 bits per heavy atom. The zero-order chi connectivity index (χ0) is 13.0. The molecule has 0 aliphatic carbocycles. The molecule has 96 valence electrons. The molecular weight excluding hydrogens is 254 g/mol. The lowest BCUT2D eigenvalue weighted by Gasteiger charge is -2.19. The molecule has 2 aromatic rings. The fraction of sp³-hybridized carbons (Fsp3) is 0.364. The maximum atomic E-state index is 5.86. The summed E-state index contributed by atoms with van der Waals surface area (Å²) >= 11 is 5.86. The summed E-state index contributed by atoms with van der Waals surface area (Å²) in [6, 6.07) is 3.76. The molecule has 7 heteroatoms. The minimum atomic E-state index is 0.169. The lowest BCUT2D eigenvalue weighted by atomic mass is 10.4. The smallest absolute Gasteiger partial charge is 0.231 e. The van der Waals surface area contributed by atoms with Crippen molar-refractivity contribution in [2.24, 2.45) is 0 Å². The van der Waals surface area contributed by atoms with Crippen molar-refractivity contribution in [2.75, 3.05) is 23.8 Å². The van der Waals surface area contributed by atoms with Crippen molar-refractivity contribution < 1.29 is 4.42 Å². The van der Waals surface area contributed by atoms with Gasteiger partial charge in [-0.05, 0) is 30.7 Å². The number of aromatic nitrogens is 3. The van der Waals surface area contributed by atoms with Gasteiger partial charge >= 0.3 is 0 Å². The quantitative estimate of drug-likeness (QED) is 0.896. The molecule has 18 heavy (non-hydrogen) atoms. The first kappa shape index (κ1) is 12.6. The first-order valence-corrected chi connectivity index (χ1v) is 5.97. The number of hydrogen-bond donors (Lipinski definition) is 1. The zero-order valence-corrected chi connectivity index (χ0v) is 11.0. The largest absolute Gasteiger partial charge is 0.467 e. The topological polar surface area (TPSA) is 67.1 Å². The van der Waals surface area contributed by atoms with Crippen LogP contribution in [-0.2, 0) is 6.54 Å². The molecule has 0 radical (unpaired) electrons. The molecule has 0 aliphatic heterocycles. The highest BCUT2D eigenvalue weighted by Gasteiger charge is 2.12. The molecule has 0 saturated carbocycles. The van der Waals surface area contributed by atoms with E-state index in [2.05, 4.69) is 20.3 Å². The van der Waals surface area contributed by atoms with Gasteiger partial charge in [0.05, 0.1) is 12.8 Å². The number of furan rings is 1. The van der Waals surface area contributed by atoms with E-state index in [1.807, 2.05) is 24.0 Å². The predicted molar refractivity (Wildman–Crippen MR) is 69.8 cm³/mol. The molecule has 1 N–H and O–H groups in total. The zero-order valence-electron chi connectivity index (χ0n) is 10.2. The lowest BCUT2D eigenvalue weighted by molar-refractivity contribution is 0.501. The van der Waals surface area contributed by atoms with E-state index in [0.29, 0.717) is 18.4 Å². The molecule has 0 aliphatic rings. The van der Waals surface area contributed by atoms with E-state index in [0.717, 1.165) is 12.3 Å². The average molecular weight is 268 g/mol. The third-order valence-electron chi connectivity index (χ3n) is 2.41. The second-order valence-electron chi connectivity index (χ2n) is 3.57. The van der Waals surface area contributed by atoms with Crippen molar-refractivity contribution in [2.45, 2.75) is 13.5 Å². The van der Waals surface area contributed by atoms with Crippen LogP contribution >= 0.6 is 11.6 Å². The summed E-state index contributed by atoms with van der Waals surface area (Å²) in [6.45, 7) is 3.34. The number of nitrogens with zero attached hydrogens (tertiary/aromatic N) is 4. The van der Waals surface area contributed by atoms with Crippen molar-refractivity contribution in [3.63, 3.8) is 0 Å². The maximum absolute atomic E-state index is 5.86. The number of nitrogens with one attached hydrogen (secondary N) is 1. The van der Waals surface area contributed by atoms with E-state index in [1.54, 1.807) is 13.3 Å². The van der Waals surface area contributed by atoms with Gasteiger partial charge in [-0.1, -0.05) is 0 Å². The van der Waals surface area contributed by atoms with Crippen molar-refractivity contribution in [3.05, 3.63) is 29.4 Å². The average Bonchev–Trinajstić information content (AvgIpc) is 2.88. The van der Waals surface area contributed by atoms with Gasteiger partial charge in [0.2, 0.25) is 17.2 Å². The molecule has 6 nitrogen and oxygen atoms in total. The van der Waals surface area contributed by atoms with Gasteiger partial charge < -0.3 is 14.6 Å².